The van der Waals surface area contributed by atoms with E-state index in [9.17, 15) is 13.2 Å². The van der Waals surface area contributed by atoms with E-state index in [0.717, 1.165) is 16.9 Å². The molecule has 0 aliphatic heterocycles. The summed E-state index contributed by atoms with van der Waals surface area (Å²) in [5, 5.41) is 3.35. The number of methoxy groups -OCH3 is 1. The lowest BCUT2D eigenvalue weighted by atomic mass is 9.97. The summed E-state index contributed by atoms with van der Waals surface area (Å²) >= 11 is 0. The zero-order valence-electron chi connectivity index (χ0n) is 24.8. The molecule has 3 aromatic rings. The Balaban J connectivity index is 1.69. The number of nitrogens with two attached hydrogens (primary N) is 1. The Labute approximate surface area is 250 Å². The van der Waals surface area contributed by atoms with Gasteiger partial charge in [-0.25, -0.2) is 13.2 Å². The molecule has 42 heavy (non-hydrogen) atoms. The first-order valence-electron chi connectivity index (χ1n) is 14.4. The highest BCUT2D eigenvalue weighted by atomic mass is 32.2. The number of hydrogen-bond donors (Lipinski definition) is 2. The highest BCUT2D eigenvalue weighted by Gasteiger charge is 2.28. The maximum atomic E-state index is 13.3. The zero-order chi connectivity index (χ0) is 30.4. The molecule has 3 rings (SSSR count). The van der Waals surface area contributed by atoms with Gasteiger partial charge in [0, 0.05) is 18.9 Å². The molecule has 228 valence electrons. The molecule has 9 heteroatoms. The number of para-hydroxylation sites is 1. The second kappa shape index (κ2) is 16.9. The van der Waals surface area contributed by atoms with Crippen LogP contribution in [0.15, 0.2) is 84.9 Å². The van der Waals surface area contributed by atoms with Gasteiger partial charge in [0.1, 0.15) is 21.3 Å². The molecule has 0 fully saturated rings. The van der Waals surface area contributed by atoms with Gasteiger partial charge in [-0.15, -0.1) is 0 Å². The summed E-state index contributed by atoms with van der Waals surface area (Å²) in [6.45, 7) is 4.51. The molecule has 0 aliphatic rings. The first-order valence-corrected chi connectivity index (χ1v) is 16.2. The Morgan fingerprint density at radius 1 is 0.857 bits per heavy atom. The monoisotopic (exact) mass is 596 g/mol. The summed E-state index contributed by atoms with van der Waals surface area (Å²) in [6.07, 6.45) is -0.418. The normalized spacial score (nSPS) is 13.7. The number of carbonyl (C=O) groups is 1. The van der Waals surface area contributed by atoms with Crippen molar-refractivity contribution in [3.05, 3.63) is 96.1 Å². The Morgan fingerprint density at radius 3 is 2.14 bits per heavy atom. The Bertz CT molecular complexity index is 1320. The van der Waals surface area contributed by atoms with E-state index in [2.05, 4.69) is 5.32 Å². The van der Waals surface area contributed by atoms with Crippen molar-refractivity contribution in [3.8, 4) is 11.5 Å². The summed E-state index contributed by atoms with van der Waals surface area (Å²) in [4.78, 5) is 13.3. The number of ether oxygens (including phenoxy) is 3. The molecule has 0 heterocycles. The average Bonchev–Trinajstić information content (AvgIpc) is 3.00. The SMILES string of the molecule is COc1cccc(CNC(N)[C@@H](COC(=O)C(CCS(=O)(=O)CCC(C)C)Oc2ccccc2)Cc2ccccc2)c1. The summed E-state index contributed by atoms with van der Waals surface area (Å²) in [6, 6.07) is 26.5. The van der Waals surface area contributed by atoms with Crippen LogP contribution in [0.1, 0.15) is 37.8 Å². The highest BCUT2D eigenvalue weighted by Crippen LogP contribution is 2.18. The summed E-state index contributed by atoms with van der Waals surface area (Å²) in [5.74, 6) is 0.533. The fourth-order valence-corrected chi connectivity index (χ4v) is 5.97. The van der Waals surface area contributed by atoms with Crippen molar-refractivity contribution in [3.63, 3.8) is 0 Å². The number of carbonyl (C=O) groups excluding carboxylic acids is 1. The zero-order valence-corrected chi connectivity index (χ0v) is 25.6. The van der Waals surface area contributed by atoms with Gasteiger partial charge in [-0.05, 0) is 54.2 Å². The van der Waals surface area contributed by atoms with E-state index in [1.807, 2.05) is 74.5 Å². The number of esters is 1. The molecule has 8 nitrogen and oxygen atoms in total. The topological polar surface area (TPSA) is 117 Å². The Morgan fingerprint density at radius 2 is 1.48 bits per heavy atom. The van der Waals surface area contributed by atoms with Crippen molar-refractivity contribution in [1.29, 1.82) is 0 Å². The molecule has 0 aliphatic carbocycles. The van der Waals surface area contributed by atoms with Gasteiger partial charge in [0.25, 0.3) is 0 Å². The number of hydrogen-bond acceptors (Lipinski definition) is 8. The van der Waals surface area contributed by atoms with Crippen LogP contribution >= 0.6 is 0 Å². The van der Waals surface area contributed by atoms with Crippen molar-refractivity contribution < 1.29 is 27.4 Å². The van der Waals surface area contributed by atoms with E-state index in [-0.39, 0.29) is 36.4 Å². The fourth-order valence-electron chi connectivity index (χ4n) is 4.37. The van der Waals surface area contributed by atoms with Gasteiger partial charge < -0.3 is 19.9 Å². The molecule has 0 aromatic heterocycles. The summed E-state index contributed by atoms with van der Waals surface area (Å²) < 4.78 is 42.4. The molecule has 0 saturated carbocycles. The smallest absolute Gasteiger partial charge is 0.347 e. The predicted octanol–water partition coefficient (Wildman–Crippen LogP) is 4.77. The van der Waals surface area contributed by atoms with E-state index in [4.69, 9.17) is 19.9 Å². The van der Waals surface area contributed by atoms with Crippen LogP contribution in [0.25, 0.3) is 0 Å². The Kier molecular flexibility index (Phi) is 13.3. The van der Waals surface area contributed by atoms with E-state index in [1.165, 1.54) is 0 Å². The maximum Gasteiger partial charge on any atom is 0.347 e. The van der Waals surface area contributed by atoms with Gasteiger partial charge in [-0.1, -0.05) is 74.5 Å². The molecule has 3 N–H and O–H groups in total. The molecular formula is C33H44N2O6S. The van der Waals surface area contributed by atoms with Crippen molar-refractivity contribution in [1.82, 2.24) is 5.32 Å². The van der Waals surface area contributed by atoms with E-state index in [1.54, 1.807) is 31.4 Å². The van der Waals surface area contributed by atoms with Crippen molar-refractivity contribution >= 4 is 15.8 Å². The molecule has 0 bridgehead atoms. The maximum absolute atomic E-state index is 13.3. The van der Waals surface area contributed by atoms with E-state index < -0.39 is 28.1 Å². The average molecular weight is 597 g/mol. The lowest BCUT2D eigenvalue weighted by Gasteiger charge is -2.26. The molecule has 0 saturated heterocycles. The van der Waals surface area contributed by atoms with Crippen LogP contribution in [0.5, 0.6) is 11.5 Å². The molecule has 3 aromatic carbocycles. The van der Waals surface area contributed by atoms with Crippen molar-refractivity contribution in [2.24, 2.45) is 17.6 Å². The van der Waals surface area contributed by atoms with Crippen LogP contribution in [-0.2, 0) is 32.3 Å². The lowest BCUT2D eigenvalue weighted by Crippen LogP contribution is -2.46. The molecule has 0 radical (unpaired) electrons. The van der Waals surface area contributed by atoms with Gasteiger partial charge >= 0.3 is 5.97 Å². The van der Waals surface area contributed by atoms with E-state index >= 15 is 0 Å². The molecular weight excluding hydrogens is 552 g/mol. The number of sulfone groups is 1. The largest absolute Gasteiger partial charge is 0.497 e. The van der Waals surface area contributed by atoms with Crippen LogP contribution < -0.4 is 20.5 Å². The van der Waals surface area contributed by atoms with Gasteiger partial charge in [-0.3, -0.25) is 5.32 Å². The van der Waals surface area contributed by atoms with Crippen LogP contribution in [0.3, 0.4) is 0 Å². The van der Waals surface area contributed by atoms with Crippen LogP contribution in [0.2, 0.25) is 0 Å². The minimum Gasteiger partial charge on any atom is -0.497 e. The van der Waals surface area contributed by atoms with Crippen molar-refractivity contribution in [2.45, 2.75) is 51.9 Å². The van der Waals surface area contributed by atoms with Crippen molar-refractivity contribution in [2.75, 3.05) is 25.2 Å². The minimum atomic E-state index is -3.35. The molecule has 0 amide bonds. The third kappa shape index (κ3) is 11.8. The van der Waals surface area contributed by atoms with E-state index in [0.29, 0.717) is 25.1 Å². The lowest BCUT2D eigenvalue weighted by molar-refractivity contribution is -0.153. The number of benzene rings is 3. The summed E-state index contributed by atoms with van der Waals surface area (Å²) in [5.41, 5.74) is 8.67. The summed E-state index contributed by atoms with van der Waals surface area (Å²) in [7, 11) is -1.73. The first-order chi connectivity index (χ1) is 20.1. The second-order valence-corrected chi connectivity index (χ2v) is 13.2. The molecule has 0 spiro atoms. The fraction of sp³-hybridized carbons (Fsp3) is 0.424. The number of rotatable bonds is 18. The minimum absolute atomic E-state index is 0.00233. The van der Waals surface area contributed by atoms with Crippen LogP contribution in [-0.4, -0.2) is 51.9 Å². The third-order valence-corrected chi connectivity index (χ3v) is 8.66. The second-order valence-electron chi connectivity index (χ2n) is 10.9. The Hall–Kier alpha value is -3.40. The van der Waals surface area contributed by atoms with Gasteiger partial charge in [0.2, 0.25) is 0 Å². The standard InChI is InChI=1S/C33H44N2O6S/c1-25(2)17-19-42(37,38)20-18-31(41-29-14-8-5-9-15-29)33(36)40-24-28(21-26-11-6-4-7-12-26)32(34)35-23-27-13-10-16-30(22-27)39-3/h4-16,22,25,28,31-32,35H,17-21,23-24,34H2,1-3H3/t28-,31?,32?/m1/s1. The highest BCUT2D eigenvalue weighted by molar-refractivity contribution is 7.91. The van der Waals surface area contributed by atoms with Gasteiger partial charge in [0.05, 0.1) is 31.4 Å². The number of nitrogens with one attached hydrogen (secondary N) is 1. The molecule has 2 unspecified atom stereocenters. The van der Waals surface area contributed by atoms with Crippen LogP contribution in [0.4, 0.5) is 0 Å². The quantitative estimate of drug-likeness (QED) is 0.159. The first kappa shape index (κ1) is 33.1. The van der Waals surface area contributed by atoms with Gasteiger partial charge in [-0.2, -0.15) is 0 Å². The molecule has 3 atom stereocenters. The predicted molar refractivity (Wildman–Crippen MR) is 166 cm³/mol. The third-order valence-electron chi connectivity index (χ3n) is 6.95. The van der Waals surface area contributed by atoms with Gasteiger partial charge in [0.15, 0.2) is 6.10 Å². The van der Waals surface area contributed by atoms with Crippen LogP contribution in [0, 0.1) is 11.8 Å².